The number of H-pyrrole nitrogens is 1. The highest BCUT2D eigenvalue weighted by molar-refractivity contribution is 5.80. The fourth-order valence-electron chi connectivity index (χ4n) is 2.86. The van der Waals surface area contributed by atoms with Crippen molar-refractivity contribution in [3.05, 3.63) is 69.2 Å². The summed E-state index contributed by atoms with van der Waals surface area (Å²) in [4.78, 5) is 13.9. The summed E-state index contributed by atoms with van der Waals surface area (Å²) in [6, 6.07) is 8.87. The van der Waals surface area contributed by atoms with Crippen molar-refractivity contribution < 1.29 is 14.3 Å². The monoisotopic (exact) mass is 365 g/mol. The van der Waals surface area contributed by atoms with Crippen LogP contribution < -0.4 is 10.5 Å². The summed E-state index contributed by atoms with van der Waals surface area (Å²) in [5.41, 5.74) is 5.18. The number of hydrogen-bond donors (Lipinski definition) is 2. The molecule has 0 bridgehead atoms. The number of nitrogens with one attached hydrogen (secondary N) is 1. The second-order valence-electron chi connectivity index (χ2n) is 6.53. The van der Waals surface area contributed by atoms with Crippen LogP contribution in [0.5, 0.6) is 11.5 Å². The molecule has 0 atom stereocenters. The van der Waals surface area contributed by atoms with E-state index in [4.69, 9.17) is 9.15 Å². The van der Waals surface area contributed by atoms with Gasteiger partial charge in [0.15, 0.2) is 5.58 Å². The Bertz CT molecular complexity index is 1070. The van der Waals surface area contributed by atoms with Gasteiger partial charge in [-0.2, -0.15) is 0 Å². The zero-order valence-corrected chi connectivity index (χ0v) is 15.7. The van der Waals surface area contributed by atoms with Crippen LogP contribution >= 0.6 is 0 Å². The lowest BCUT2D eigenvalue weighted by Crippen LogP contribution is -1.98. The maximum absolute atomic E-state index is 11.3. The molecule has 1 aromatic heterocycles. The van der Waals surface area contributed by atoms with E-state index in [2.05, 4.69) is 24.9 Å². The van der Waals surface area contributed by atoms with Crippen LogP contribution in [-0.2, 0) is 6.42 Å². The third-order valence-corrected chi connectivity index (χ3v) is 4.14. The number of benzene rings is 2. The number of oxazole rings is 1. The Balaban J connectivity index is 2.01. The summed E-state index contributed by atoms with van der Waals surface area (Å²) in [6.07, 6.45) is 6.70. The van der Waals surface area contributed by atoms with Gasteiger partial charge < -0.3 is 14.3 Å². The van der Waals surface area contributed by atoms with Crippen LogP contribution in [0.4, 0.5) is 0 Å². The van der Waals surface area contributed by atoms with Crippen LogP contribution in [0, 0.1) is 0 Å². The van der Waals surface area contributed by atoms with E-state index in [-0.39, 0.29) is 5.75 Å². The standard InChI is InChI=1S/C22H23NO4/c1-4-26-20-13-17(24)12-16(18(20)9-5-14(2)3)8-6-15-7-10-19-21(11-15)27-22(25)23-19/h5-8,10-13,24H,4,9H2,1-3H3,(H,23,25). The molecule has 0 saturated heterocycles. The highest BCUT2D eigenvalue weighted by atomic mass is 16.5. The molecule has 0 radical (unpaired) electrons. The van der Waals surface area contributed by atoms with Crippen LogP contribution in [0.2, 0.25) is 0 Å². The first-order chi connectivity index (χ1) is 13.0. The number of phenolic OH excluding ortho intramolecular Hbond substituents is 1. The van der Waals surface area contributed by atoms with Crippen molar-refractivity contribution >= 4 is 23.3 Å². The van der Waals surface area contributed by atoms with Crippen molar-refractivity contribution in [2.24, 2.45) is 0 Å². The van der Waals surface area contributed by atoms with Gasteiger partial charge in [0, 0.05) is 11.6 Å². The number of aromatic amines is 1. The molecule has 140 valence electrons. The number of fused-ring (bicyclic) bond motifs is 1. The molecule has 5 nitrogen and oxygen atoms in total. The average Bonchev–Trinajstić information content (AvgIpc) is 2.98. The van der Waals surface area contributed by atoms with E-state index in [1.165, 1.54) is 5.57 Å². The molecule has 0 spiro atoms. The lowest BCUT2D eigenvalue weighted by atomic mass is 10.00. The molecule has 27 heavy (non-hydrogen) atoms. The molecule has 0 unspecified atom stereocenters. The Kier molecular flexibility index (Phi) is 5.50. The summed E-state index contributed by atoms with van der Waals surface area (Å²) in [5.74, 6) is 0.373. The van der Waals surface area contributed by atoms with Crippen molar-refractivity contribution in [2.45, 2.75) is 27.2 Å². The van der Waals surface area contributed by atoms with Crippen molar-refractivity contribution in [3.63, 3.8) is 0 Å². The molecule has 0 aliphatic carbocycles. The van der Waals surface area contributed by atoms with E-state index < -0.39 is 5.76 Å². The van der Waals surface area contributed by atoms with Gasteiger partial charge in [-0.15, -0.1) is 0 Å². The molecule has 3 aromatic rings. The van der Waals surface area contributed by atoms with Crippen LogP contribution in [0.15, 0.2) is 51.2 Å². The number of ether oxygens (including phenoxy) is 1. The number of aromatic hydroxyl groups is 1. The summed E-state index contributed by atoms with van der Waals surface area (Å²) >= 11 is 0. The lowest BCUT2D eigenvalue weighted by Gasteiger charge is -2.13. The highest BCUT2D eigenvalue weighted by Crippen LogP contribution is 2.31. The Morgan fingerprint density at radius 1 is 1.22 bits per heavy atom. The zero-order chi connectivity index (χ0) is 19.4. The minimum atomic E-state index is -0.468. The van der Waals surface area contributed by atoms with Crippen LogP contribution in [-0.4, -0.2) is 16.7 Å². The first kappa shape index (κ1) is 18.6. The normalized spacial score (nSPS) is 11.2. The number of hydrogen-bond acceptors (Lipinski definition) is 4. The van der Waals surface area contributed by atoms with Crippen LogP contribution in [0.3, 0.4) is 0 Å². The van der Waals surface area contributed by atoms with Gasteiger partial charge in [0.1, 0.15) is 11.5 Å². The van der Waals surface area contributed by atoms with E-state index in [1.54, 1.807) is 24.3 Å². The van der Waals surface area contributed by atoms with E-state index >= 15 is 0 Å². The number of rotatable bonds is 6. The molecule has 2 aromatic carbocycles. The molecule has 0 amide bonds. The zero-order valence-electron chi connectivity index (χ0n) is 15.7. The number of allylic oxidation sites excluding steroid dienone is 2. The minimum absolute atomic E-state index is 0.158. The predicted octanol–water partition coefficient (Wildman–Crippen LogP) is 4.90. The molecule has 0 aliphatic heterocycles. The molecule has 3 rings (SSSR count). The van der Waals surface area contributed by atoms with E-state index in [0.717, 1.165) is 16.7 Å². The maximum Gasteiger partial charge on any atom is 0.417 e. The lowest BCUT2D eigenvalue weighted by molar-refractivity contribution is 0.334. The van der Waals surface area contributed by atoms with Crippen LogP contribution in [0.25, 0.3) is 23.3 Å². The Hall–Kier alpha value is -3.21. The topological polar surface area (TPSA) is 75.5 Å². The predicted molar refractivity (Wildman–Crippen MR) is 108 cm³/mol. The largest absolute Gasteiger partial charge is 0.508 e. The summed E-state index contributed by atoms with van der Waals surface area (Å²) in [5, 5.41) is 10.1. The molecular formula is C22H23NO4. The van der Waals surface area contributed by atoms with Gasteiger partial charge in [-0.05, 0) is 56.5 Å². The second-order valence-corrected chi connectivity index (χ2v) is 6.53. The van der Waals surface area contributed by atoms with Crippen LogP contribution in [0.1, 0.15) is 37.5 Å². The van der Waals surface area contributed by atoms with Gasteiger partial charge in [0.05, 0.1) is 12.1 Å². The Morgan fingerprint density at radius 2 is 2.04 bits per heavy atom. The first-order valence-electron chi connectivity index (χ1n) is 8.89. The van der Waals surface area contributed by atoms with Gasteiger partial charge >= 0.3 is 5.76 Å². The van der Waals surface area contributed by atoms with Gasteiger partial charge in [-0.25, -0.2) is 4.79 Å². The molecule has 0 saturated carbocycles. The average molecular weight is 365 g/mol. The molecule has 0 aliphatic rings. The van der Waals surface area contributed by atoms with Gasteiger partial charge in [-0.3, -0.25) is 4.98 Å². The van der Waals surface area contributed by atoms with Crippen molar-refractivity contribution in [2.75, 3.05) is 6.61 Å². The van der Waals surface area contributed by atoms with Gasteiger partial charge in [-0.1, -0.05) is 29.9 Å². The number of aromatic nitrogens is 1. The molecule has 5 heteroatoms. The van der Waals surface area contributed by atoms with Crippen molar-refractivity contribution in [3.8, 4) is 11.5 Å². The third kappa shape index (κ3) is 4.50. The summed E-state index contributed by atoms with van der Waals surface area (Å²) < 4.78 is 10.8. The Morgan fingerprint density at radius 3 is 2.78 bits per heavy atom. The smallest absolute Gasteiger partial charge is 0.417 e. The maximum atomic E-state index is 11.3. The minimum Gasteiger partial charge on any atom is -0.508 e. The Labute approximate surface area is 157 Å². The van der Waals surface area contributed by atoms with Gasteiger partial charge in [0.2, 0.25) is 0 Å². The third-order valence-electron chi connectivity index (χ3n) is 4.14. The number of phenols is 1. The quantitative estimate of drug-likeness (QED) is 0.481. The molecule has 1 heterocycles. The van der Waals surface area contributed by atoms with E-state index in [9.17, 15) is 9.90 Å². The van der Waals surface area contributed by atoms with E-state index in [1.807, 2.05) is 25.1 Å². The van der Waals surface area contributed by atoms with E-state index in [0.29, 0.717) is 29.9 Å². The highest BCUT2D eigenvalue weighted by Gasteiger charge is 2.10. The SMILES string of the molecule is CCOc1cc(O)cc(C=Cc2ccc3[nH]c(=O)oc3c2)c1CC=C(C)C. The summed E-state index contributed by atoms with van der Waals surface area (Å²) in [7, 11) is 0. The van der Waals surface area contributed by atoms with Crippen molar-refractivity contribution in [1.82, 2.24) is 4.98 Å². The first-order valence-corrected chi connectivity index (χ1v) is 8.89. The molecule has 2 N–H and O–H groups in total. The fraction of sp³-hybridized carbons (Fsp3) is 0.227. The van der Waals surface area contributed by atoms with Crippen molar-refractivity contribution in [1.29, 1.82) is 0 Å². The second kappa shape index (κ2) is 7.99. The molecular weight excluding hydrogens is 342 g/mol. The fourth-order valence-corrected chi connectivity index (χ4v) is 2.86. The van der Waals surface area contributed by atoms with Gasteiger partial charge in [0.25, 0.3) is 0 Å². The molecule has 0 fully saturated rings. The summed E-state index contributed by atoms with van der Waals surface area (Å²) in [6.45, 7) is 6.55.